The molecule has 4 rings (SSSR count). The van der Waals surface area contributed by atoms with E-state index in [1.807, 2.05) is 49.4 Å². The highest BCUT2D eigenvalue weighted by Crippen LogP contribution is 2.23. The quantitative estimate of drug-likeness (QED) is 0.732. The highest BCUT2D eigenvalue weighted by atomic mass is 16.5. The third-order valence-electron chi connectivity index (χ3n) is 4.05. The molecule has 1 aliphatic rings. The molecule has 0 bridgehead atoms. The summed E-state index contributed by atoms with van der Waals surface area (Å²) in [6.45, 7) is 3.58. The van der Waals surface area contributed by atoms with Gasteiger partial charge >= 0.3 is 0 Å². The first-order valence-corrected chi connectivity index (χ1v) is 7.98. The van der Waals surface area contributed by atoms with E-state index in [2.05, 4.69) is 25.4 Å². The third-order valence-corrected chi connectivity index (χ3v) is 4.05. The van der Waals surface area contributed by atoms with Gasteiger partial charge in [-0.1, -0.05) is 23.3 Å². The minimum Gasteiger partial charge on any atom is -0.488 e. The molecule has 0 N–H and O–H groups in total. The first-order chi connectivity index (χ1) is 11.8. The molecule has 0 spiro atoms. The fraction of sp³-hybridized carbons (Fsp3) is 0.294. The number of hydrogen-bond donors (Lipinski definition) is 0. The summed E-state index contributed by atoms with van der Waals surface area (Å²) >= 11 is 0. The van der Waals surface area contributed by atoms with Gasteiger partial charge in [-0.15, -0.1) is 0 Å². The SMILES string of the molecule is Cc1cc(OC2CCN(c3nnnn3-c3ccccc3)C2)ccn1. The zero-order valence-corrected chi connectivity index (χ0v) is 13.4. The molecule has 7 nitrogen and oxygen atoms in total. The third kappa shape index (κ3) is 2.92. The van der Waals surface area contributed by atoms with Crippen molar-refractivity contribution >= 4 is 5.95 Å². The van der Waals surface area contributed by atoms with Crippen molar-refractivity contribution in [1.29, 1.82) is 0 Å². The minimum atomic E-state index is 0.118. The lowest BCUT2D eigenvalue weighted by Crippen LogP contribution is -2.27. The molecule has 1 atom stereocenters. The van der Waals surface area contributed by atoms with E-state index in [1.54, 1.807) is 10.9 Å². The molecule has 7 heteroatoms. The number of tetrazole rings is 1. The van der Waals surface area contributed by atoms with Crippen molar-refractivity contribution in [3.63, 3.8) is 0 Å². The summed E-state index contributed by atoms with van der Waals surface area (Å²) in [4.78, 5) is 6.35. The Kier molecular flexibility index (Phi) is 3.82. The summed E-state index contributed by atoms with van der Waals surface area (Å²) in [6.07, 6.45) is 2.82. The van der Waals surface area contributed by atoms with Crippen LogP contribution in [0.1, 0.15) is 12.1 Å². The minimum absolute atomic E-state index is 0.118. The molecule has 1 aliphatic heterocycles. The number of para-hydroxylation sites is 1. The van der Waals surface area contributed by atoms with E-state index in [0.29, 0.717) is 0 Å². The van der Waals surface area contributed by atoms with Crippen LogP contribution in [-0.2, 0) is 0 Å². The molecule has 1 fully saturated rings. The van der Waals surface area contributed by atoms with Crippen molar-refractivity contribution in [3.8, 4) is 11.4 Å². The number of rotatable bonds is 4. The van der Waals surface area contributed by atoms with Crippen molar-refractivity contribution in [1.82, 2.24) is 25.2 Å². The van der Waals surface area contributed by atoms with Gasteiger partial charge in [0.15, 0.2) is 0 Å². The smallest absolute Gasteiger partial charge is 0.250 e. The number of hydrogen-bond acceptors (Lipinski definition) is 6. The molecule has 0 saturated carbocycles. The molecule has 0 amide bonds. The lowest BCUT2D eigenvalue weighted by Gasteiger charge is -2.17. The highest BCUT2D eigenvalue weighted by Gasteiger charge is 2.28. The average Bonchev–Trinajstić information content (AvgIpc) is 3.24. The zero-order valence-electron chi connectivity index (χ0n) is 13.4. The maximum atomic E-state index is 6.07. The lowest BCUT2D eigenvalue weighted by molar-refractivity contribution is 0.224. The maximum Gasteiger partial charge on any atom is 0.250 e. The zero-order chi connectivity index (χ0) is 16.4. The van der Waals surface area contributed by atoms with Crippen molar-refractivity contribution in [2.45, 2.75) is 19.4 Å². The van der Waals surface area contributed by atoms with Crippen molar-refractivity contribution in [3.05, 3.63) is 54.4 Å². The number of ether oxygens (including phenoxy) is 1. The normalized spacial score (nSPS) is 17.2. The van der Waals surface area contributed by atoms with Crippen LogP contribution in [0.5, 0.6) is 5.75 Å². The number of pyridine rings is 1. The number of benzene rings is 1. The monoisotopic (exact) mass is 322 g/mol. The Hall–Kier alpha value is -2.96. The molecular weight excluding hydrogens is 304 g/mol. The molecule has 0 radical (unpaired) electrons. The predicted molar refractivity (Wildman–Crippen MR) is 89.4 cm³/mol. The Morgan fingerprint density at radius 2 is 2.04 bits per heavy atom. The Labute approximate surface area is 139 Å². The van der Waals surface area contributed by atoms with Crippen molar-refractivity contribution < 1.29 is 4.74 Å². The van der Waals surface area contributed by atoms with Gasteiger partial charge in [-0.3, -0.25) is 4.98 Å². The van der Waals surface area contributed by atoms with E-state index in [1.165, 1.54) is 0 Å². The van der Waals surface area contributed by atoms with E-state index >= 15 is 0 Å². The Balaban J connectivity index is 1.49. The van der Waals surface area contributed by atoms with Crippen LogP contribution in [0.25, 0.3) is 5.69 Å². The van der Waals surface area contributed by atoms with Gasteiger partial charge in [0.2, 0.25) is 5.95 Å². The topological polar surface area (TPSA) is 69.0 Å². The van der Waals surface area contributed by atoms with Crippen LogP contribution < -0.4 is 9.64 Å². The Bertz CT molecular complexity index is 819. The van der Waals surface area contributed by atoms with Gasteiger partial charge in [0.25, 0.3) is 0 Å². The molecule has 0 aliphatic carbocycles. The maximum absolute atomic E-state index is 6.07. The second-order valence-corrected chi connectivity index (χ2v) is 5.83. The van der Waals surface area contributed by atoms with Gasteiger partial charge in [0.05, 0.1) is 12.2 Å². The lowest BCUT2D eigenvalue weighted by atomic mass is 10.3. The standard InChI is InChI=1S/C17H18N6O/c1-13-11-15(7-9-18-13)24-16-8-10-22(12-16)17-19-20-21-23(17)14-5-3-2-4-6-14/h2-7,9,11,16H,8,10,12H2,1H3. The van der Waals surface area contributed by atoms with Crippen LogP contribution >= 0.6 is 0 Å². The van der Waals surface area contributed by atoms with E-state index in [-0.39, 0.29) is 6.10 Å². The van der Waals surface area contributed by atoms with E-state index < -0.39 is 0 Å². The van der Waals surface area contributed by atoms with Gasteiger partial charge in [-0.05, 0) is 35.5 Å². The molecular formula is C17H18N6O. The molecule has 122 valence electrons. The van der Waals surface area contributed by atoms with Crippen LogP contribution in [0.2, 0.25) is 0 Å². The molecule has 2 aromatic heterocycles. The highest BCUT2D eigenvalue weighted by molar-refractivity contribution is 5.41. The van der Waals surface area contributed by atoms with Gasteiger partial charge in [0, 0.05) is 30.9 Å². The van der Waals surface area contributed by atoms with E-state index in [4.69, 9.17) is 4.74 Å². The molecule has 24 heavy (non-hydrogen) atoms. The van der Waals surface area contributed by atoms with Crippen molar-refractivity contribution in [2.24, 2.45) is 0 Å². The molecule has 3 aromatic rings. The second kappa shape index (κ2) is 6.27. The summed E-state index contributed by atoms with van der Waals surface area (Å²) in [6, 6.07) is 13.8. The van der Waals surface area contributed by atoms with Crippen LogP contribution in [0, 0.1) is 6.92 Å². The molecule has 3 heterocycles. The summed E-state index contributed by atoms with van der Waals surface area (Å²) in [5.74, 6) is 1.61. The van der Waals surface area contributed by atoms with E-state index in [9.17, 15) is 0 Å². The van der Waals surface area contributed by atoms with Crippen LogP contribution in [0.4, 0.5) is 5.95 Å². The number of aryl methyl sites for hydroxylation is 1. The summed E-state index contributed by atoms with van der Waals surface area (Å²) in [7, 11) is 0. The average molecular weight is 322 g/mol. The fourth-order valence-electron chi connectivity index (χ4n) is 2.91. The van der Waals surface area contributed by atoms with Crippen LogP contribution in [-0.4, -0.2) is 44.4 Å². The number of nitrogens with zero attached hydrogens (tertiary/aromatic N) is 6. The molecule has 1 unspecified atom stereocenters. The van der Waals surface area contributed by atoms with Gasteiger partial charge in [-0.2, -0.15) is 4.68 Å². The summed E-state index contributed by atoms with van der Waals surface area (Å²) in [5, 5.41) is 12.1. The van der Waals surface area contributed by atoms with Gasteiger partial charge < -0.3 is 9.64 Å². The Morgan fingerprint density at radius 1 is 1.17 bits per heavy atom. The fourth-order valence-corrected chi connectivity index (χ4v) is 2.91. The second-order valence-electron chi connectivity index (χ2n) is 5.83. The number of aromatic nitrogens is 5. The first kappa shape index (κ1) is 14.6. The number of anilines is 1. The predicted octanol–water partition coefficient (Wildman–Crippen LogP) is 2.02. The molecule has 1 aromatic carbocycles. The van der Waals surface area contributed by atoms with Crippen molar-refractivity contribution in [2.75, 3.05) is 18.0 Å². The van der Waals surface area contributed by atoms with E-state index in [0.717, 1.165) is 42.6 Å². The van der Waals surface area contributed by atoms with Gasteiger partial charge in [-0.25, -0.2) is 0 Å². The van der Waals surface area contributed by atoms with Gasteiger partial charge in [0.1, 0.15) is 11.9 Å². The summed E-state index contributed by atoms with van der Waals surface area (Å²) in [5.41, 5.74) is 1.90. The largest absolute Gasteiger partial charge is 0.488 e. The first-order valence-electron chi connectivity index (χ1n) is 7.98. The Morgan fingerprint density at radius 3 is 2.88 bits per heavy atom. The van der Waals surface area contributed by atoms with Crippen LogP contribution in [0.15, 0.2) is 48.7 Å². The molecule has 1 saturated heterocycles. The summed E-state index contributed by atoms with van der Waals surface area (Å²) < 4.78 is 7.83. The van der Waals surface area contributed by atoms with Crippen LogP contribution in [0.3, 0.4) is 0 Å².